The van der Waals surface area contributed by atoms with Crippen LogP contribution in [0.1, 0.15) is 27.7 Å². The van der Waals surface area contributed by atoms with E-state index in [1.807, 2.05) is 67.6 Å². The van der Waals surface area contributed by atoms with E-state index in [1.54, 1.807) is 26.2 Å². The van der Waals surface area contributed by atoms with Crippen LogP contribution in [-0.2, 0) is 0 Å². The predicted molar refractivity (Wildman–Crippen MR) is 117 cm³/mol. The van der Waals surface area contributed by atoms with Crippen LogP contribution in [0, 0.1) is 6.92 Å². The number of methoxy groups -OCH3 is 3. The van der Waals surface area contributed by atoms with Crippen molar-refractivity contribution >= 4 is 17.3 Å². The summed E-state index contributed by atoms with van der Waals surface area (Å²) < 4.78 is 16.5. The van der Waals surface area contributed by atoms with Gasteiger partial charge in [-0.15, -0.1) is 0 Å². The fourth-order valence-corrected chi connectivity index (χ4v) is 3.79. The molecule has 0 unspecified atom stereocenters. The van der Waals surface area contributed by atoms with Crippen molar-refractivity contribution in [2.45, 2.75) is 13.1 Å². The third-order valence-electron chi connectivity index (χ3n) is 5.21. The normalized spacial score (nSPS) is 15.3. The summed E-state index contributed by atoms with van der Waals surface area (Å²) in [4.78, 5) is 15.3. The van der Waals surface area contributed by atoms with Gasteiger partial charge in [-0.1, -0.05) is 24.3 Å². The van der Waals surface area contributed by atoms with Crippen molar-refractivity contribution in [3.05, 3.63) is 77.4 Å². The number of aryl methyl sites for hydroxylation is 1. The number of rotatable bonds is 5. The maximum Gasteiger partial charge on any atom is 0.262 e. The van der Waals surface area contributed by atoms with Gasteiger partial charge in [-0.25, -0.2) is 0 Å². The van der Waals surface area contributed by atoms with Crippen LogP contribution in [0.25, 0.3) is 0 Å². The molecule has 0 fully saturated rings. The van der Waals surface area contributed by atoms with E-state index < -0.39 is 6.17 Å². The second kappa shape index (κ2) is 7.99. The second-order valence-electron chi connectivity index (χ2n) is 7.07. The van der Waals surface area contributed by atoms with Crippen molar-refractivity contribution in [3.63, 3.8) is 0 Å². The number of ether oxygens (including phenoxy) is 3. The molecule has 1 heterocycles. The van der Waals surface area contributed by atoms with Crippen molar-refractivity contribution in [1.82, 2.24) is 0 Å². The highest BCUT2D eigenvalue weighted by Crippen LogP contribution is 2.43. The summed E-state index contributed by atoms with van der Waals surface area (Å²) in [5.74, 6) is 1.50. The van der Waals surface area contributed by atoms with Crippen LogP contribution >= 0.6 is 0 Å². The lowest BCUT2D eigenvalue weighted by molar-refractivity contribution is 0.0975. The number of anilines is 2. The number of fused-ring (bicyclic) bond motifs is 1. The number of nitrogens with one attached hydrogen (secondary N) is 1. The zero-order valence-electron chi connectivity index (χ0n) is 17.4. The zero-order valence-corrected chi connectivity index (χ0v) is 17.4. The zero-order chi connectivity index (χ0) is 21.3. The molecule has 3 aromatic carbocycles. The smallest absolute Gasteiger partial charge is 0.262 e. The Morgan fingerprint density at radius 3 is 2.20 bits per heavy atom. The molecule has 6 heteroatoms. The molecule has 0 saturated heterocycles. The minimum atomic E-state index is -0.456. The number of para-hydroxylation sites is 1. The Morgan fingerprint density at radius 1 is 0.867 bits per heavy atom. The maximum atomic E-state index is 13.5. The van der Waals surface area contributed by atoms with Gasteiger partial charge in [-0.3, -0.25) is 9.69 Å². The number of amides is 1. The van der Waals surface area contributed by atoms with Gasteiger partial charge in [0.05, 0.1) is 26.9 Å². The molecule has 0 aliphatic carbocycles. The van der Waals surface area contributed by atoms with Crippen molar-refractivity contribution in [3.8, 4) is 17.2 Å². The Balaban J connectivity index is 1.91. The van der Waals surface area contributed by atoms with Gasteiger partial charge in [0.15, 0.2) is 11.5 Å². The highest BCUT2D eigenvalue weighted by atomic mass is 16.5. The third-order valence-corrected chi connectivity index (χ3v) is 5.21. The van der Waals surface area contributed by atoms with Crippen LogP contribution < -0.4 is 24.4 Å². The minimum Gasteiger partial charge on any atom is -0.493 e. The highest BCUT2D eigenvalue weighted by molar-refractivity contribution is 6.12. The van der Waals surface area contributed by atoms with Gasteiger partial charge in [-0.2, -0.15) is 0 Å². The number of carbonyl (C=O) groups is 1. The maximum absolute atomic E-state index is 13.5. The molecule has 1 N–H and O–H groups in total. The first-order chi connectivity index (χ1) is 14.6. The van der Waals surface area contributed by atoms with Crippen LogP contribution in [0.3, 0.4) is 0 Å². The minimum absolute atomic E-state index is 0.0753. The van der Waals surface area contributed by atoms with Crippen LogP contribution in [-0.4, -0.2) is 27.2 Å². The number of benzene rings is 3. The van der Waals surface area contributed by atoms with Gasteiger partial charge in [-0.05, 0) is 48.9 Å². The van der Waals surface area contributed by atoms with Crippen molar-refractivity contribution < 1.29 is 19.0 Å². The third kappa shape index (κ3) is 3.30. The molecule has 0 saturated carbocycles. The average Bonchev–Trinajstić information content (AvgIpc) is 2.77. The molecule has 4 rings (SSSR count). The molecule has 30 heavy (non-hydrogen) atoms. The van der Waals surface area contributed by atoms with E-state index in [1.165, 1.54) is 0 Å². The van der Waals surface area contributed by atoms with Crippen LogP contribution in [0.15, 0.2) is 60.7 Å². The standard InChI is InChI=1S/C24H24N2O4/c1-15-8-7-9-17(12-15)26-23(25-19-11-6-5-10-18(19)24(26)27)16-13-20(28-2)22(30-4)21(14-16)29-3/h5-14,23,25H,1-4H3/t23-/m0/s1. The fourth-order valence-electron chi connectivity index (χ4n) is 3.79. The summed E-state index contributed by atoms with van der Waals surface area (Å²) in [5, 5.41) is 3.50. The number of hydrogen-bond donors (Lipinski definition) is 1. The highest BCUT2D eigenvalue weighted by Gasteiger charge is 2.35. The van der Waals surface area contributed by atoms with Gasteiger partial charge < -0.3 is 19.5 Å². The Labute approximate surface area is 176 Å². The van der Waals surface area contributed by atoms with Crippen molar-refractivity contribution in [2.75, 3.05) is 31.5 Å². The Hall–Kier alpha value is -3.67. The lowest BCUT2D eigenvalue weighted by Gasteiger charge is -2.38. The number of carbonyl (C=O) groups excluding carboxylic acids is 1. The van der Waals surface area contributed by atoms with Gasteiger partial charge >= 0.3 is 0 Å². The predicted octanol–water partition coefficient (Wildman–Crippen LogP) is 4.79. The summed E-state index contributed by atoms with van der Waals surface area (Å²) in [6, 6.07) is 19.1. The average molecular weight is 404 g/mol. The monoisotopic (exact) mass is 404 g/mol. The first kappa shape index (κ1) is 19.6. The molecule has 1 amide bonds. The van der Waals surface area contributed by atoms with Gasteiger partial charge in [0, 0.05) is 16.9 Å². The first-order valence-corrected chi connectivity index (χ1v) is 9.63. The molecule has 1 aliphatic heterocycles. The van der Waals surface area contributed by atoms with Gasteiger partial charge in [0.25, 0.3) is 5.91 Å². The molecule has 0 aromatic heterocycles. The van der Waals surface area contributed by atoms with Gasteiger partial charge in [0.1, 0.15) is 6.17 Å². The molecule has 0 spiro atoms. The van der Waals surface area contributed by atoms with E-state index in [-0.39, 0.29) is 5.91 Å². The molecule has 154 valence electrons. The van der Waals surface area contributed by atoms with E-state index in [2.05, 4.69) is 5.32 Å². The molecular formula is C24H24N2O4. The molecular weight excluding hydrogens is 380 g/mol. The number of hydrogen-bond acceptors (Lipinski definition) is 5. The largest absolute Gasteiger partial charge is 0.493 e. The van der Waals surface area contributed by atoms with E-state index in [4.69, 9.17) is 14.2 Å². The molecule has 3 aromatic rings. The Kier molecular flexibility index (Phi) is 5.23. The molecule has 0 radical (unpaired) electrons. The van der Waals surface area contributed by atoms with E-state index >= 15 is 0 Å². The molecule has 1 aliphatic rings. The van der Waals surface area contributed by atoms with Crippen LogP contribution in [0.5, 0.6) is 17.2 Å². The molecule has 0 bridgehead atoms. The summed E-state index contributed by atoms with van der Waals surface area (Å²) >= 11 is 0. The van der Waals surface area contributed by atoms with Crippen LogP contribution in [0.4, 0.5) is 11.4 Å². The molecule has 1 atom stereocenters. The Morgan fingerprint density at radius 2 is 1.57 bits per heavy atom. The summed E-state index contributed by atoms with van der Waals surface area (Å²) in [6.07, 6.45) is -0.456. The topological polar surface area (TPSA) is 60.0 Å². The van der Waals surface area contributed by atoms with Crippen molar-refractivity contribution in [1.29, 1.82) is 0 Å². The summed E-state index contributed by atoms with van der Waals surface area (Å²) in [7, 11) is 4.72. The fraction of sp³-hybridized carbons (Fsp3) is 0.208. The Bertz CT molecular complexity index is 1070. The second-order valence-corrected chi connectivity index (χ2v) is 7.07. The lowest BCUT2D eigenvalue weighted by Crippen LogP contribution is -2.43. The summed E-state index contributed by atoms with van der Waals surface area (Å²) in [5.41, 5.74) is 4.10. The summed E-state index contributed by atoms with van der Waals surface area (Å²) in [6.45, 7) is 2.01. The SMILES string of the molecule is COc1cc([C@H]2Nc3ccccc3C(=O)N2c2cccc(C)c2)cc(OC)c1OC. The van der Waals surface area contributed by atoms with Gasteiger partial charge in [0.2, 0.25) is 5.75 Å². The van der Waals surface area contributed by atoms with E-state index in [0.717, 1.165) is 22.5 Å². The first-order valence-electron chi connectivity index (χ1n) is 9.63. The quantitative estimate of drug-likeness (QED) is 0.662. The lowest BCUT2D eigenvalue weighted by atomic mass is 10.0. The number of nitrogens with zero attached hydrogens (tertiary/aromatic N) is 1. The van der Waals surface area contributed by atoms with Crippen LogP contribution in [0.2, 0.25) is 0 Å². The van der Waals surface area contributed by atoms with Crippen molar-refractivity contribution in [2.24, 2.45) is 0 Å². The van der Waals surface area contributed by atoms with E-state index in [0.29, 0.717) is 22.8 Å². The molecule has 6 nitrogen and oxygen atoms in total. The van der Waals surface area contributed by atoms with E-state index in [9.17, 15) is 4.79 Å².